The maximum Gasteiger partial charge on any atom is 0.329 e. The molecule has 8 rings (SSSR count). The average molecular weight is 1040 g/mol. The largest absolute Gasteiger partial charge is 0.461 e. The molecule has 5 heterocycles. The van der Waals surface area contributed by atoms with Crippen molar-refractivity contribution in [3.05, 3.63) is 70.3 Å². The van der Waals surface area contributed by atoms with Crippen LogP contribution in [0.25, 0.3) is 33.3 Å². The van der Waals surface area contributed by atoms with Crippen molar-refractivity contribution in [3.63, 3.8) is 0 Å². The van der Waals surface area contributed by atoms with Gasteiger partial charge in [-0.3, -0.25) is 38.6 Å². The van der Waals surface area contributed by atoms with Gasteiger partial charge in [0.05, 0.1) is 68.7 Å². The van der Waals surface area contributed by atoms with Gasteiger partial charge in [0, 0.05) is 77.6 Å². The van der Waals surface area contributed by atoms with Crippen LogP contribution in [0.1, 0.15) is 102 Å². The number of anilines is 1. The number of ether oxygens (including phenoxy) is 5. The topological polar surface area (TPSA) is 224 Å². The molecule has 0 radical (unpaired) electrons. The summed E-state index contributed by atoms with van der Waals surface area (Å²) >= 11 is 0. The van der Waals surface area contributed by atoms with Crippen LogP contribution in [0.4, 0.5) is 5.95 Å². The summed E-state index contributed by atoms with van der Waals surface area (Å²) in [6.07, 6.45) is 9.16. The highest BCUT2D eigenvalue weighted by molar-refractivity contribution is 6.00. The van der Waals surface area contributed by atoms with Gasteiger partial charge in [0.2, 0.25) is 17.8 Å². The number of hydrogen-bond donors (Lipinski definition) is 3. The minimum absolute atomic E-state index is 0.0316. The highest BCUT2D eigenvalue weighted by atomic mass is 16.6. The van der Waals surface area contributed by atoms with E-state index >= 15 is 0 Å². The number of piperidine rings is 1. The number of imidazole rings is 1. The van der Waals surface area contributed by atoms with E-state index in [1.807, 2.05) is 38.2 Å². The second-order valence-electron chi connectivity index (χ2n) is 20.5. The lowest BCUT2D eigenvalue weighted by atomic mass is 9.93. The Morgan fingerprint density at radius 1 is 0.813 bits per heavy atom. The maximum atomic E-state index is 13.0. The molecule has 5 aromatic rings. The van der Waals surface area contributed by atoms with Crippen molar-refractivity contribution in [2.45, 2.75) is 116 Å². The van der Waals surface area contributed by atoms with Crippen molar-refractivity contribution in [2.75, 3.05) is 97.4 Å². The fraction of sp³-hybridized carbons (Fsp3) is 0.618. The summed E-state index contributed by atoms with van der Waals surface area (Å²) < 4.78 is 34.0. The molecule has 2 saturated heterocycles. The van der Waals surface area contributed by atoms with Gasteiger partial charge < -0.3 is 34.7 Å². The molecule has 1 saturated carbocycles. The monoisotopic (exact) mass is 1040 g/mol. The fourth-order valence-corrected chi connectivity index (χ4v) is 10.1. The molecule has 20 heteroatoms. The zero-order valence-electron chi connectivity index (χ0n) is 44.5. The number of aryl methyl sites for hydroxylation is 2. The summed E-state index contributed by atoms with van der Waals surface area (Å²) in [5, 5.41) is 11.9. The second kappa shape index (κ2) is 27.4. The number of carbonyl (C=O) groups excluding carboxylic acids is 3. The third-order valence-electron chi connectivity index (χ3n) is 14.7. The lowest BCUT2D eigenvalue weighted by molar-refractivity contribution is -0.153. The van der Waals surface area contributed by atoms with Crippen LogP contribution in [0.5, 0.6) is 0 Å². The molecule has 2 aromatic carbocycles. The normalized spacial score (nSPS) is 19.3. The van der Waals surface area contributed by atoms with Crippen molar-refractivity contribution in [2.24, 2.45) is 18.7 Å². The minimum atomic E-state index is -0.693. The van der Waals surface area contributed by atoms with Crippen LogP contribution in [-0.4, -0.2) is 161 Å². The first kappa shape index (κ1) is 55.6. The smallest absolute Gasteiger partial charge is 0.329 e. The number of fused-ring (bicyclic) bond motifs is 2. The van der Waals surface area contributed by atoms with Crippen LogP contribution in [0.2, 0.25) is 0 Å². The van der Waals surface area contributed by atoms with Crippen molar-refractivity contribution >= 4 is 45.8 Å². The Kier molecular flexibility index (Phi) is 20.3. The number of piperazine rings is 1. The van der Waals surface area contributed by atoms with Gasteiger partial charge in [-0.2, -0.15) is 10.1 Å². The van der Waals surface area contributed by atoms with Crippen LogP contribution >= 0.6 is 0 Å². The molecule has 408 valence electrons. The lowest BCUT2D eigenvalue weighted by Gasteiger charge is -2.34. The molecule has 2 atom stereocenters. The van der Waals surface area contributed by atoms with Gasteiger partial charge in [-0.05, 0) is 80.5 Å². The molecular formula is C55H79N11O9. The summed E-state index contributed by atoms with van der Waals surface area (Å²) in [5.74, 6) is -0.418. The van der Waals surface area contributed by atoms with E-state index in [0.29, 0.717) is 70.7 Å². The number of nitrogens with zero attached hydrogens (tertiary/aromatic N) is 8. The average Bonchev–Trinajstić information content (AvgIpc) is 3.92. The first-order chi connectivity index (χ1) is 36.5. The predicted octanol–water partition coefficient (Wildman–Crippen LogP) is 5.16. The van der Waals surface area contributed by atoms with E-state index in [1.165, 1.54) is 10.1 Å². The Morgan fingerprint density at radius 2 is 1.48 bits per heavy atom. The molecule has 2 aliphatic heterocycles. The number of hydrogen-bond acceptors (Lipinski definition) is 16. The molecule has 75 heavy (non-hydrogen) atoms. The number of rotatable bonds is 28. The summed E-state index contributed by atoms with van der Waals surface area (Å²) in [4.78, 5) is 64.4. The van der Waals surface area contributed by atoms with E-state index in [-0.39, 0.29) is 42.1 Å². The molecule has 4 N–H and O–H groups in total. The Morgan fingerprint density at radius 3 is 2.16 bits per heavy atom. The van der Waals surface area contributed by atoms with E-state index in [0.717, 1.165) is 131 Å². The molecule has 2 amide bonds. The standard InChI is InChI=1S/C55H79N11O9/c1-5-6-21-57-54-58-36-44-50(61-66(51(44)60-54)42-14-16-43(17-15-42)75-53(69)49(56)38(2)3)41-12-9-40(10-13-41)37-64-24-22-63(23-25-64)26-28-72-30-32-74-34-33-73-31-29-71-27-7-8-39-11-18-45-47(35-39)62(4)55(70)65(45)46-19-20-48(67)59-52(46)68/h9-13,18,35-36,38,42-43,46,49H,5-8,14-17,19-34,37,56H2,1-4H3,(H,57,58,60)(H,59,67,68)/t42-,43-,46?,49-/m0/s1. The number of nitrogens with two attached hydrogens (primary N) is 1. The third-order valence-corrected chi connectivity index (χ3v) is 14.7. The number of aromatic nitrogens is 6. The first-order valence-electron chi connectivity index (χ1n) is 27.3. The molecule has 1 aliphatic carbocycles. The number of carbonyl (C=O) groups is 3. The summed E-state index contributed by atoms with van der Waals surface area (Å²) in [6.45, 7) is 16.9. The number of unbranched alkanes of at least 4 members (excludes halogenated alkanes) is 1. The summed E-state index contributed by atoms with van der Waals surface area (Å²) in [7, 11) is 1.70. The van der Waals surface area contributed by atoms with Gasteiger partial charge in [0.1, 0.15) is 23.9 Å². The quantitative estimate of drug-likeness (QED) is 0.0334. The first-order valence-corrected chi connectivity index (χ1v) is 27.3. The van der Waals surface area contributed by atoms with Crippen LogP contribution in [0.15, 0.2) is 53.5 Å². The molecule has 3 aromatic heterocycles. The third kappa shape index (κ3) is 14.9. The van der Waals surface area contributed by atoms with Crippen molar-refractivity contribution in [1.82, 2.24) is 44.0 Å². The molecule has 3 aliphatic rings. The van der Waals surface area contributed by atoms with Gasteiger partial charge in [-0.1, -0.05) is 57.5 Å². The van der Waals surface area contributed by atoms with Crippen LogP contribution in [0, 0.1) is 5.92 Å². The Hall–Kier alpha value is -5.61. The molecule has 3 fully saturated rings. The molecule has 20 nitrogen and oxygen atoms in total. The molecule has 0 bridgehead atoms. The molecular weight excluding hydrogens is 959 g/mol. The Balaban J connectivity index is 0.671. The van der Waals surface area contributed by atoms with Gasteiger partial charge in [-0.25, -0.2) is 14.5 Å². The minimum Gasteiger partial charge on any atom is -0.461 e. The molecule has 1 unspecified atom stereocenters. The molecule has 0 spiro atoms. The highest BCUT2D eigenvalue weighted by Crippen LogP contribution is 2.36. The van der Waals surface area contributed by atoms with Crippen LogP contribution in [-0.2, 0) is 58.1 Å². The van der Waals surface area contributed by atoms with Crippen molar-refractivity contribution in [1.29, 1.82) is 0 Å². The number of benzene rings is 2. The van der Waals surface area contributed by atoms with Crippen LogP contribution < -0.4 is 22.1 Å². The van der Waals surface area contributed by atoms with Crippen molar-refractivity contribution < 1.29 is 38.1 Å². The van der Waals surface area contributed by atoms with E-state index in [2.05, 4.69) is 61.3 Å². The number of esters is 1. The van der Waals surface area contributed by atoms with Gasteiger partial charge in [0.15, 0.2) is 5.65 Å². The summed E-state index contributed by atoms with van der Waals surface area (Å²) in [5.41, 5.74) is 12.3. The zero-order chi connectivity index (χ0) is 52.7. The van der Waals surface area contributed by atoms with E-state index < -0.39 is 18.0 Å². The second-order valence-corrected chi connectivity index (χ2v) is 20.5. The summed E-state index contributed by atoms with van der Waals surface area (Å²) in [6, 6.07) is 13.4. The Bertz CT molecular complexity index is 2710. The van der Waals surface area contributed by atoms with Gasteiger partial charge in [-0.15, -0.1) is 0 Å². The fourth-order valence-electron chi connectivity index (χ4n) is 10.1. The maximum absolute atomic E-state index is 13.0. The number of imide groups is 1. The zero-order valence-corrected chi connectivity index (χ0v) is 44.5. The van der Waals surface area contributed by atoms with E-state index in [1.54, 1.807) is 11.6 Å². The van der Waals surface area contributed by atoms with Crippen LogP contribution in [0.3, 0.4) is 0 Å². The number of nitrogens with one attached hydrogen (secondary N) is 2. The van der Waals surface area contributed by atoms with E-state index in [4.69, 9.17) is 39.5 Å². The van der Waals surface area contributed by atoms with Crippen molar-refractivity contribution in [3.8, 4) is 11.3 Å². The number of amides is 2. The highest BCUT2D eigenvalue weighted by Gasteiger charge is 2.32. The van der Waals surface area contributed by atoms with Gasteiger partial charge in [0.25, 0.3) is 0 Å². The Labute approximate surface area is 439 Å². The SMILES string of the molecule is CCCCNc1ncc2c(-c3ccc(CN4CCN(CCOCCOCCOCCOCCCc5ccc6c(c5)n(C)c(=O)n6C5CCC(=O)NC5=O)CC4)cc3)nn([C@H]3CC[C@H](OC(=O)[C@@H](N)C(C)C)CC3)c2n1. The lowest BCUT2D eigenvalue weighted by Crippen LogP contribution is -2.46. The predicted molar refractivity (Wildman–Crippen MR) is 286 cm³/mol. The van der Waals surface area contributed by atoms with E-state index in [9.17, 15) is 19.2 Å². The van der Waals surface area contributed by atoms with Gasteiger partial charge >= 0.3 is 11.7 Å².